The van der Waals surface area contributed by atoms with Crippen molar-refractivity contribution in [3.05, 3.63) is 80.4 Å². The molecule has 0 bridgehead atoms. The number of aromatic nitrogens is 4. The van der Waals surface area contributed by atoms with Crippen LogP contribution in [0.5, 0.6) is 0 Å². The van der Waals surface area contributed by atoms with Crippen LogP contribution in [0.3, 0.4) is 0 Å². The number of rotatable bonds is 4. The van der Waals surface area contributed by atoms with Gasteiger partial charge in [-0.25, -0.2) is 4.98 Å². The summed E-state index contributed by atoms with van der Waals surface area (Å²) in [4.78, 5) is 20.5. The van der Waals surface area contributed by atoms with Crippen LogP contribution in [-0.4, -0.2) is 19.7 Å². The van der Waals surface area contributed by atoms with E-state index in [9.17, 15) is 4.79 Å². The molecule has 0 aliphatic rings. The van der Waals surface area contributed by atoms with E-state index < -0.39 is 5.56 Å². The zero-order chi connectivity index (χ0) is 19.8. The summed E-state index contributed by atoms with van der Waals surface area (Å²) in [6.45, 7) is 3.82. The molecule has 0 fully saturated rings. The van der Waals surface area contributed by atoms with Gasteiger partial charge in [0.25, 0.3) is 5.56 Å². The minimum atomic E-state index is -0.427. The molecule has 1 atom stereocenters. The normalized spacial score (nSPS) is 12.3. The monoisotopic (exact) mass is 413 g/mol. The number of hydrogen-bond acceptors (Lipinski definition) is 4. The molecule has 4 aromatic rings. The quantitative estimate of drug-likeness (QED) is 0.498. The molecular weight excluding hydrogens is 397 g/mol. The molecule has 2 aromatic carbocycles. The number of nitrogens with zero attached hydrogens (tertiary/aromatic N) is 3. The molecule has 2 aromatic heterocycles. The first-order valence-electron chi connectivity index (χ1n) is 8.69. The summed E-state index contributed by atoms with van der Waals surface area (Å²) >= 11 is 12.5. The van der Waals surface area contributed by atoms with Gasteiger partial charge >= 0.3 is 0 Å². The van der Waals surface area contributed by atoms with E-state index in [2.05, 4.69) is 20.4 Å². The fraction of sp³-hybridized carbons (Fsp3) is 0.150. The van der Waals surface area contributed by atoms with Crippen LogP contribution < -0.4 is 10.9 Å². The zero-order valence-electron chi connectivity index (χ0n) is 15.2. The lowest BCUT2D eigenvalue weighted by atomic mass is 10.2. The molecule has 28 heavy (non-hydrogen) atoms. The molecule has 8 heteroatoms. The van der Waals surface area contributed by atoms with Crippen LogP contribution in [0, 0.1) is 6.92 Å². The van der Waals surface area contributed by atoms with Crippen molar-refractivity contribution in [2.45, 2.75) is 19.9 Å². The Morgan fingerprint density at radius 1 is 1.18 bits per heavy atom. The van der Waals surface area contributed by atoms with Gasteiger partial charge in [0.2, 0.25) is 0 Å². The van der Waals surface area contributed by atoms with Crippen LogP contribution in [0.4, 0.5) is 5.69 Å². The topological polar surface area (TPSA) is 75.6 Å². The number of imidazole rings is 1. The molecule has 4 rings (SSSR count). The van der Waals surface area contributed by atoms with Crippen LogP contribution >= 0.6 is 23.2 Å². The third kappa shape index (κ3) is 3.37. The van der Waals surface area contributed by atoms with Gasteiger partial charge in [-0.15, -0.1) is 0 Å². The van der Waals surface area contributed by atoms with Crippen molar-refractivity contribution < 1.29 is 0 Å². The first-order chi connectivity index (χ1) is 13.4. The Bertz CT molecular complexity index is 1200. The van der Waals surface area contributed by atoms with Gasteiger partial charge in [0, 0.05) is 5.02 Å². The van der Waals surface area contributed by atoms with E-state index in [0.29, 0.717) is 16.4 Å². The second kappa shape index (κ2) is 7.30. The van der Waals surface area contributed by atoms with E-state index in [1.807, 2.05) is 44.2 Å². The van der Waals surface area contributed by atoms with Gasteiger partial charge in [-0.2, -0.15) is 9.78 Å². The Morgan fingerprint density at radius 2 is 1.96 bits per heavy atom. The highest BCUT2D eigenvalue weighted by Crippen LogP contribution is 2.24. The highest BCUT2D eigenvalue weighted by Gasteiger charge is 2.16. The number of anilines is 1. The van der Waals surface area contributed by atoms with Crippen molar-refractivity contribution in [3.8, 4) is 5.69 Å². The van der Waals surface area contributed by atoms with Crippen molar-refractivity contribution in [2.75, 3.05) is 5.32 Å². The van der Waals surface area contributed by atoms with Gasteiger partial charge in [-0.3, -0.25) is 4.79 Å². The molecule has 0 aliphatic carbocycles. The molecule has 2 N–H and O–H groups in total. The van der Waals surface area contributed by atoms with E-state index in [-0.39, 0.29) is 11.1 Å². The molecule has 0 radical (unpaired) electrons. The second-order valence-corrected chi connectivity index (χ2v) is 7.31. The van der Waals surface area contributed by atoms with Crippen molar-refractivity contribution in [2.24, 2.45) is 0 Å². The maximum atomic E-state index is 12.7. The van der Waals surface area contributed by atoms with Crippen LogP contribution in [-0.2, 0) is 0 Å². The predicted molar refractivity (Wildman–Crippen MR) is 113 cm³/mol. The van der Waals surface area contributed by atoms with Gasteiger partial charge in [0.05, 0.1) is 34.6 Å². The SMILES string of the molecule is Cc1ccc(-n2ncc(NC(C)c3nc4ccccc4[nH]3)c(Cl)c2=O)cc1Cl. The van der Waals surface area contributed by atoms with Crippen LogP contribution in [0.2, 0.25) is 10.0 Å². The summed E-state index contributed by atoms with van der Waals surface area (Å²) in [5.41, 5.74) is 3.31. The first-order valence-corrected chi connectivity index (χ1v) is 9.45. The summed E-state index contributed by atoms with van der Waals surface area (Å²) < 4.78 is 1.23. The molecule has 0 saturated carbocycles. The number of aromatic amines is 1. The fourth-order valence-electron chi connectivity index (χ4n) is 2.91. The molecule has 0 aliphatic heterocycles. The first kappa shape index (κ1) is 18.5. The Labute approximate surface area is 171 Å². The lowest BCUT2D eigenvalue weighted by Gasteiger charge is -2.15. The molecule has 1 unspecified atom stereocenters. The zero-order valence-corrected chi connectivity index (χ0v) is 16.7. The number of halogens is 2. The van der Waals surface area contributed by atoms with Gasteiger partial charge in [0.1, 0.15) is 10.8 Å². The van der Waals surface area contributed by atoms with Gasteiger partial charge in [-0.1, -0.05) is 41.4 Å². The fourth-order valence-corrected chi connectivity index (χ4v) is 3.27. The van der Waals surface area contributed by atoms with E-state index in [1.165, 1.54) is 10.9 Å². The maximum absolute atomic E-state index is 12.7. The maximum Gasteiger partial charge on any atom is 0.292 e. The minimum absolute atomic E-state index is 0.0506. The third-order valence-corrected chi connectivity index (χ3v) is 5.28. The number of fused-ring (bicyclic) bond motifs is 1. The number of H-pyrrole nitrogens is 1. The molecule has 0 saturated heterocycles. The standard InChI is InChI=1S/C20H17Cl2N5O/c1-11-7-8-13(9-14(11)21)27-20(28)18(22)17(10-23-27)24-12(2)19-25-15-5-3-4-6-16(15)26-19/h3-10,12,24H,1-2H3,(H,25,26). The minimum Gasteiger partial charge on any atom is -0.373 e. The average Bonchev–Trinajstić information content (AvgIpc) is 3.12. The summed E-state index contributed by atoms with van der Waals surface area (Å²) in [7, 11) is 0. The highest BCUT2D eigenvalue weighted by molar-refractivity contribution is 6.33. The molecule has 0 spiro atoms. The Morgan fingerprint density at radius 3 is 2.71 bits per heavy atom. The smallest absolute Gasteiger partial charge is 0.292 e. The Hall–Kier alpha value is -2.83. The summed E-state index contributed by atoms with van der Waals surface area (Å²) in [6.07, 6.45) is 1.52. The Kier molecular flexibility index (Phi) is 4.83. The average molecular weight is 414 g/mol. The summed E-state index contributed by atoms with van der Waals surface area (Å²) in [6, 6.07) is 12.9. The second-order valence-electron chi connectivity index (χ2n) is 6.53. The van der Waals surface area contributed by atoms with E-state index in [1.54, 1.807) is 12.1 Å². The van der Waals surface area contributed by atoms with E-state index >= 15 is 0 Å². The van der Waals surface area contributed by atoms with Gasteiger partial charge in [0.15, 0.2) is 0 Å². The van der Waals surface area contributed by atoms with Crippen LogP contribution in [0.15, 0.2) is 53.5 Å². The summed E-state index contributed by atoms with van der Waals surface area (Å²) in [5.74, 6) is 0.742. The van der Waals surface area contributed by atoms with Gasteiger partial charge < -0.3 is 10.3 Å². The third-order valence-electron chi connectivity index (χ3n) is 4.51. The lowest BCUT2D eigenvalue weighted by molar-refractivity contribution is 0.786. The van der Waals surface area contributed by atoms with Gasteiger partial charge in [-0.05, 0) is 43.7 Å². The van der Waals surface area contributed by atoms with E-state index in [4.69, 9.17) is 23.2 Å². The highest BCUT2D eigenvalue weighted by atomic mass is 35.5. The number of aryl methyl sites for hydroxylation is 1. The van der Waals surface area contributed by atoms with Crippen molar-refractivity contribution in [1.29, 1.82) is 0 Å². The van der Waals surface area contributed by atoms with E-state index in [0.717, 1.165) is 22.4 Å². The number of hydrogen-bond donors (Lipinski definition) is 2. The van der Waals surface area contributed by atoms with Crippen molar-refractivity contribution in [3.63, 3.8) is 0 Å². The predicted octanol–water partition coefficient (Wildman–Crippen LogP) is 4.90. The van der Waals surface area contributed by atoms with Crippen molar-refractivity contribution in [1.82, 2.24) is 19.7 Å². The molecule has 142 valence electrons. The molecule has 0 amide bonds. The van der Waals surface area contributed by atoms with Crippen LogP contribution in [0.1, 0.15) is 24.4 Å². The number of nitrogens with one attached hydrogen (secondary N) is 2. The molecular formula is C20H17Cl2N5O. The van der Waals surface area contributed by atoms with Crippen LogP contribution in [0.25, 0.3) is 16.7 Å². The number of para-hydroxylation sites is 2. The largest absolute Gasteiger partial charge is 0.373 e. The van der Waals surface area contributed by atoms with Crippen molar-refractivity contribution >= 4 is 39.9 Å². The molecule has 2 heterocycles. The lowest BCUT2D eigenvalue weighted by Crippen LogP contribution is -2.23. The molecule has 6 nitrogen and oxygen atoms in total. The Balaban J connectivity index is 1.64. The number of benzene rings is 2. The summed E-state index contributed by atoms with van der Waals surface area (Å²) in [5, 5.41) is 8.05.